The summed E-state index contributed by atoms with van der Waals surface area (Å²) >= 11 is 0. The van der Waals surface area contributed by atoms with Gasteiger partial charge in [-0.3, -0.25) is 0 Å². The van der Waals surface area contributed by atoms with Crippen LogP contribution in [-0.2, 0) is 6.42 Å². The highest BCUT2D eigenvalue weighted by Crippen LogP contribution is 2.54. The fourth-order valence-corrected chi connectivity index (χ4v) is 9.65. The molecule has 0 heterocycles. The van der Waals surface area contributed by atoms with Gasteiger partial charge >= 0.3 is 0 Å². The Morgan fingerprint density at radius 2 is 1.11 bits per heavy atom. The Morgan fingerprint density at radius 1 is 0.600 bits per heavy atom. The molecule has 0 bridgehead atoms. The van der Waals surface area contributed by atoms with E-state index in [0.717, 1.165) is 0 Å². The van der Waals surface area contributed by atoms with E-state index >= 15 is 0 Å². The zero-order valence-corrected chi connectivity index (χ0v) is 22.1. The fraction of sp³-hybridized carbons (Fsp3) is 0.294. The second-order valence-corrected chi connectivity index (χ2v) is 13.8. The Labute approximate surface area is 212 Å². The van der Waals surface area contributed by atoms with Crippen molar-refractivity contribution in [3.63, 3.8) is 0 Å². The number of hydrogen-bond donors (Lipinski definition) is 0. The van der Waals surface area contributed by atoms with E-state index in [9.17, 15) is 0 Å². The molecular formula is C34H38P+. The molecule has 0 spiro atoms. The molecule has 0 saturated heterocycles. The van der Waals surface area contributed by atoms with Crippen LogP contribution in [0.25, 0.3) is 0 Å². The predicted octanol–water partition coefficient (Wildman–Crippen LogP) is 8.00. The van der Waals surface area contributed by atoms with Crippen LogP contribution in [0.4, 0.5) is 0 Å². The summed E-state index contributed by atoms with van der Waals surface area (Å²) < 4.78 is 0. The lowest BCUT2D eigenvalue weighted by Crippen LogP contribution is -2.33. The molecule has 1 saturated carbocycles. The van der Waals surface area contributed by atoms with Crippen LogP contribution in [0, 0.1) is 0 Å². The molecule has 1 aliphatic carbocycles. The maximum absolute atomic E-state index is 2.53. The normalized spacial score (nSPS) is 18.3. The van der Waals surface area contributed by atoms with Crippen LogP contribution < -0.4 is 15.9 Å². The molecule has 0 unspecified atom stereocenters. The van der Waals surface area contributed by atoms with Crippen LogP contribution in [0.1, 0.15) is 67.6 Å². The molecule has 1 heteroatoms. The summed E-state index contributed by atoms with van der Waals surface area (Å²) in [6.45, 7) is 4.79. The fourth-order valence-electron chi connectivity index (χ4n) is 6.10. The average molecular weight is 478 g/mol. The van der Waals surface area contributed by atoms with Crippen molar-refractivity contribution in [2.45, 2.75) is 57.3 Å². The summed E-state index contributed by atoms with van der Waals surface area (Å²) in [7, 11) is -1.72. The van der Waals surface area contributed by atoms with Gasteiger partial charge in [-0.15, -0.1) is 0 Å². The topological polar surface area (TPSA) is 0 Å². The van der Waals surface area contributed by atoms with Crippen LogP contribution in [-0.4, -0.2) is 6.66 Å². The average Bonchev–Trinajstić information content (AvgIpc) is 2.94. The highest BCUT2D eigenvalue weighted by molar-refractivity contribution is 7.95. The lowest BCUT2D eigenvalue weighted by atomic mass is 9.76. The first-order chi connectivity index (χ1) is 17.2. The summed E-state index contributed by atoms with van der Waals surface area (Å²) in [6, 6.07) is 41.4. The zero-order valence-electron chi connectivity index (χ0n) is 21.2. The lowest BCUT2D eigenvalue weighted by Gasteiger charge is -2.32. The van der Waals surface area contributed by atoms with E-state index in [1.165, 1.54) is 54.7 Å². The molecule has 35 heavy (non-hydrogen) atoms. The standard InChI is InChI=1S/C34H38P/c1-3-12-27-19-21-28(22-20-27)29-23-25-30(26-24-29)33-17-10-11-18-34(33)35(2,31-13-6-4-7-14-31)32-15-8-5-9-16-32/h4-11,13-22,29-30H,3,12,23-26H2,1-2H3/q+1. The zero-order chi connectivity index (χ0) is 24.1. The van der Waals surface area contributed by atoms with E-state index in [1.54, 1.807) is 16.4 Å². The molecule has 4 aromatic rings. The predicted molar refractivity (Wildman–Crippen MR) is 155 cm³/mol. The van der Waals surface area contributed by atoms with Gasteiger partial charge in [0.05, 0.1) is 6.66 Å². The molecule has 1 aliphatic rings. The second-order valence-electron chi connectivity index (χ2n) is 10.3. The Hall–Kier alpha value is -2.69. The van der Waals surface area contributed by atoms with Gasteiger partial charge in [0.2, 0.25) is 0 Å². The highest BCUT2D eigenvalue weighted by Gasteiger charge is 2.43. The van der Waals surface area contributed by atoms with Crippen LogP contribution in [0.2, 0.25) is 0 Å². The molecule has 4 aromatic carbocycles. The van der Waals surface area contributed by atoms with Crippen LogP contribution >= 0.6 is 7.26 Å². The largest absolute Gasteiger partial charge is 0.109 e. The number of benzene rings is 4. The van der Waals surface area contributed by atoms with E-state index in [2.05, 4.69) is 123 Å². The van der Waals surface area contributed by atoms with Gasteiger partial charge in [0.25, 0.3) is 0 Å². The first-order valence-electron chi connectivity index (χ1n) is 13.4. The van der Waals surface area contributed by atoms with Gasteiger partial charge < -0.3 is 0 Å². The first kappa shape index (κ1) is 24.0. The van der Waals surface area contributed by atoms with Gasteiger partial charge in [-0.05, 0) is 91.0 Å². The highest BCUT2D eigenvalue weighted by atomic mass is 31.2. The van der Waals surface area contributed by atoms with Gasteiger partial charge in [0.1, 0.15) is 23.2 Å². The van der Waals surface area contributed by atoms with Gasteiger partial charge in [0.15, 0.2) is 0 Å². The summed E-state index contributed by atoms with van der Waals surface area (Å²) in [5, 5.41) is 4.52. The van der Waals surface area contributed by atoms with Crippen LogP contribution in [0.5, 0.6) is 0 Å². The summed E-state index contributed by atoms with van der Waals surface area (Å²) in [5.74, 6) is 1.35. The molecule has 0 atom stereocenters. The monoisotopic (exact) mass is 477 g/mol. The third-order valence-corrected chi connectivity index (χ3v) is 12.2. The van der Waals surface area contributed by atoms with Crippen molar-refractivity contribution in [2.75, 3.05) is 6.66 Å². The van der Waals surface area contributed by atoms with Crippen LogP contribution in [0.3, 0.4) is 0 Å². The SMILES string of the molecule is CCCc1ccc(C2CCC(c3ccccc3[P+](C)(c3ccccc3)c3ccccc3)CC2)cc1. The van der Waals surface area contributed by atoms with Crippen molar-refractivity contribution in [3.8, 4) is 0 Å². The maximum atomic E-state index is 2.53. The summed E-state index contributed by atoms with van der Waals surface area (Å²) in [6.07, 6.45) is 7.55. The minimum absolute atomic E-state index is 0.647. The second kappa shape index (κ2) is 10.9. The molecular weight excluding hydrogens is 439 g/mol. The third-order valence-electron chi connectivity index (χ3n) is 8.12. The number of hydrogen-bond acceptors (Lipinski definition) is 0. The molecule has 0 aliphatic heterocycles. The molecule has 0 radical (unpaired) electrons. The number of aryl methyl sites for hydroxylation is 1. The van der Waals surface area contributed by atoms with E-state index < -0.39 is 7.26 Å². The minimum atomic E-state index is -1.72. The smallest absolute Gasteiger partial charge is 0.0651 e. The van der Waals surface area contributed by atoms with Crippen LogP contribution in [0.15, 0.2) is 109 Å². The molecule has 0 aromatic heterocycles. The van der Waals surface area contributed by atoms with Gasteiger partial charge in [-0.1, -0.05) is 92.2 Å². The van der Waals surface area contributed by atoms with E-state index in [0.29, 0.717) is 11.8 Å². The van der Waals surface area contributed by atoms with Crippen molar-refractivity contribution in [1.82, 2.24) is 0 Å². The quantitative estimate of drug-likeness (QED) is 0.237. The van der Waals surface area contributed by atoms with Gasteiger partial charge in [-0.2, -0.15) is 0 Å². The van der Waals surface area contributed by atoms with E-state index in [-0.39, 0.29) is 0 Å². The van der Waals surface area contributed by atoms with Gasteiger partial charge in [-0.25, -0.2) is 0 Å². The summed E-state index contributed by atoms with van der Waals surface area (Å²) in [4.78, 5) is 0. The van der Waals surface area contributed by atoms with Crippen molar-refractivity contribution < 1.29 is 0 Å². The van der Waals surface area contributed by atoms with Crippen molar-refractivity contribution in [1.29, 1.82) is 0 Å². The lowest BCUT2D eigenvalue weighted by molar-refractivity contribution is 0.397. The molecule has 0 amide bonds. The Bertz CT molecular complexity index is 1160. The van der Waals surface area contributed by atoms with Gasteiger partial charge in [0, 0.05) is 0 Å². The van der Waals surface area contributed by atoms with Crippen molar-refractivity contribution in [3.05, 3.63) is 126 Å². The Kier molecular flexibility index (Phi) is 7.50. The third kappa shape index (κ3) is 5.00. The first-order valence-corrected chi connectivity index (χ1v) is 15.6. The van der Waals surface area contributed by atoms with Crippen molar-refractivity contribution >= 4 is 23.2 Å². The summed E-state index contributed by atoms with van der Waals surface area (Å²) in [5.41, 5.74) is 4.61. The molecule has 1 fully saturated rings. The molecule has 0 nitrogen and oxygen atoms in total. The maximum Gasteiger partial charge on any atom is 0.109 e. The Morgan fingerprint density at radius 3 is 1.69 bits per heavy atom. The van der Waals surface area contributed by atoms with E-state index in [1.807, 2.05) is 0 Å². The van der Waals surface area contributed by atoms with E-state index in [4.69, 9.17) is 0 Å². The molecule has 178 valence electrons. The molecule has 0 N–H and O–H groups in total. The molecule has 5 rings (SSSR count). The Balaban J connectivity index is 1.44. The number of rotatable bonds is 7. The van der Waals surface area contributed by atoms with Crippen molar-refractivity contribution in [2.24, 2.45) is 0 Å². The minimum Gasteiger partial charge on any atom is -0.0651 e.